The Balaban J connectivity index is 3.32. The van der Waals surface area contributed by atoms with Crippen LogP contribution >= 0.6 is 0 Å². The van der Waals surface area contributed by atoms with Crippen LogP contribution in [0.5, 0.6) is 11.8 Å². The molecule has 5 heteroatoms. The summed E-state index contributed by atoms with van der Waals surface area (Å²) in [5, 5.41) is 8.43. The molecule has 1 rings (SSSR count). The molecule has 132 valence electrons. The fourth-order valence-electron chi connectivity index (χ4n) is 3.32. The predicted molar refractivity (Wildman–Crippen MR) is 99.7 cm³/mol. The summed E-state index contributed by atoms with van der Waals surface area (Å²) in [7, 11) is 3.39. The predicted octanol–water partition coefficient (Wildman–Crippen LogP) is 4.55. The Morgan fingerprint density at radius 2 is 1.35 bits per heavy atom. The molecule has 0 aliphatic carbocycles. The fraction of sp³-hybridized carbons (Fsp3) is 0.778. The number of unbranched alkanes of at least 4 members (excludes halogenated alkanes) is 3. The maximum atomic E-state index is 5.61. The summed E-state index contributed by atoms with van der Waals surface area (Å²) < 4.78 is 16.5. The van der Waals surface area contributed by atoms with E-state index < -0.39 is 18.4 Å². The van der Waals surface area contributed by atoms with Gasteiger partial charge in [0.15, 0.2) is 0 Å². The average molecular weight is 429 g/mol. The van der Waals surface area contributed by atoms with E-state index >= 15 is 0 Å². The van der Waals surface area contributed by atoms with Crippen molar-refractivity contribution >= 4 is 22.0 Å². The van der Waals surface area contributed by atoms with Crippen LogP contribution in [0.3, 0.4) is 0 Å². The number of rotatable bonds is 12. The molecule has 0 unspecified atom stereocenters. The summed E-state index contributed by atoms with van der Waals surface area (Å²) in [6.07, 6.45) is 7.73. The van der Waals surface area contributed by atoms with Gasteiger partial charge in [0.1, 0.15) is 0 Å². The summed E-state index contributed by atoms with van der Waals surface area (Å²) >= 11 is -2.56. The summed E-state index contributed by atoms with van der Waals surface area (Å²) in [5.41, 5.74) is 0. The minimum absolute atomic E-state index is 0.631. The van der Waals surface area contributed by atoms with Gasteiger partial charge in [0, 0.05) is 0 Å². The Morgan fingerprint density at radius 3 is 1.74 bits per heavy atom. The Bertz CT molecular complexity index is 433. The molecule has 0 aliphatic heterocycles. The van der Waals surface area contributed by atoms with Crippen LogP contribution < -0.4 is 13.1 Å². The van der Waals surface area contributed by atoms with Gasteiger partial charge in [0.25, 0.3) is 0 Å². The van der Waals surface area contributed by atoms with Crippen LogP contribution in [0.2, 0.25) is 13.3 Å². The first-order chi connectivity index (χ1) is 11.2. The molecule has 0 spiro atoms. The first-order valence-corrected chi connectivity index (χ1v) is 16.6. The summed E-state index contributed by atoms with van der Waals surface area (Å²) in [5.74, 6) is 1.39. The van der Waals surface area contributed by atoms with Gasteiger partial charge < -0.3 is 0 Å². The second kappa shape index (κ2) is 11.1. The average Bonchev–Trinajstić information content (AvgIpc) is 2.61. The van der Waals surface area contributed by atoms with E-state index in [9.17, 15) is 0 Å². The van der Waals surface area contributed by atoms with E-state index in [2.05, 4.69) is 37.0 Å². The number of methoxy groups -OCH3 is 2. The molecular weight excluding hydrogens is 395 g/mol. The van der Waals surface area contributed by atoms with Crippen molar-refractivity contribution in [2.24, 2.45) is 0 Å². The zero-order valence-electron chi connectivity index (χ0n) is 15.7. The number of ether oxygens (including phenoxy) is 2. The molecule has 1 aromatic heterocycles. The Labute approximate surface area is 146 Å². The summed E-state index contributed by atoms with van der Waals surface area (Å²) in [6, 6.07) is 2.14. The van der Waals surface area contributed by atoms with Crippen molar-refractivity contribution in [3.63, 3.8) is 0 Å². The topological polar surface area (TPSA) is 44.2 Å². The molecule has 0 atom stereocenters. The van der Waals surface area contributed by atoms with Gasteiger partial charge in [-0.25, -0.2) is 0 Å². The Morgan fingerprint density at radius 1 is 0.826 bits per heavy atom. The SMILES string of the molecule is CCC[CH2][Sn]([CH2]CCC)([CH2]CCC)[c]1cc(OC)nnc1OC. The zero-order chi connectivity index (χ0) is 17.1. The molecule has 23 heavy (non-hydrogen) atoms. The third kappa shape index (κ3) is 5.80. The van der Waals surface area contributed by atoms with Gasteiger partial charge in [-0.05, 0) is 0 Å². The third-order valence-corrected chi connectivity index (χ3v) is 20.2. The summed E-state index contributed by atoms with van der Waals surface area (Å²) in [4.78, 5) is 0. The van der Waals surface area contributed by atoms with Crippen molar-refractivity contribution in [3.8, 4) is 11.8 Å². The van der Waals surface area contributed by atoms with E-state index in [1.54, 1.807) is 14.2 Å². The molecule has 0 fully saturated rings. The van der Waals surface area contributed by atoms with Gasteiger partial charge in [0.05, 0.1) is 0 Å². The monoisotopic (exact) mass is 430 g/mol. The third-order valence-electron chi connectivity index (χ3n) is 4.74. The molecule has 0 amide bonds. The second-order valence-corrected chi connectivity index (χ2v) is 19.5. The van der Waals surface area contributed by atoms with Crippen molar-refractivity contribution in [2.45, 2.75) is 72.6 Å². The van der Waals surface area contributed by atoms with Gasteiger partial charge in [-0.2, -0.15) is 0 Å². The van der Waals surface area contributed by atoms with Crippen LogP contribution in [0.25, 0.3) is 0 Å². The van der Waals surface area contributed by atoms with Crippen molar-refractivity contribution in [1.29, 1.82) is 0 Å². The van der Waals surface area contributed by atoms with Gasteiger partial charge >= 0.3 is 146 Å². The van der Waals surface area contributed by atoms with E-state index in [1.807, 2.05) is 0 Å². The molecule has 0 aliphatic rings. The van der Waals surface area contributed by atoms with Crippen molar-refractivity contribution in [2.75, 3.05) is 14.2 Å². The normalized spacial score (nSPS) is 11.5. The van der Waals surface area contributed by atoms with Crippen LogP contribution in [-0.4, -0.2) is 42.8 Å². The number of hydrogen-bond acceptors (Lipinski definition) is 4. The van der Waals surface area contributed by atoms with Gasteiger partial charge in [-0.3, -0.25) is 0 Å². The van der Waals surface area contributed by atoms with Crippen LogP contribution in [0.15, 0.2) is 6.07 Å². The molecule has 0 bridgehead atoms. The molecule has 0 saturated heterocycles. The van der Waals surface area contributed by atoms with Gasteiger partial charge in [0.2, 0.25) is 0 Å². The van der Waals surface area contributed by atoms with Crippen molar-refractivity contribution in [3.05, 3.63) is 6.07 Å². The molecule has 0 aromatic carbocycles. The van der Waals surface area contributed by atoms with E-state index in [0.717, 1.165) is 5.88 Å². The molecule has 0 radical (unpaired) electrons. The standard InChI is InChI=1S/C6H7N2O2.3C4H9.Sn/c1-9-5-3-4-6(10-2)8-7-5;3*1-3-4-2;/h3H,1-2H3;3*1,3-4H2,2H3;. The van der Waals surface area contributed by atoms with Crippen LogP contribution in [0.4, 0.5) is 0 Å². The van der Waals surface area contributed by atoms with E-state index in [4.69, 9.17) is 9.47 Å². The van der Waals surface area contributed by atoms with Gasteiger partial charge in [-0.1, -0.05) is 0 Å². The van der Waals surface area contributed by atoms with Crippen molar-refractivity contribution < 1.29 is 9.47 Å². The van der Waals surface area contributed by atoms with E-state index in [0.29, 0.717) is 5.88 Å². The molecular formula is C18H34N2O2Sn. The number of hydrogen-bond donors (Lipinski definition) is 0. The summed E-state index contributed by atoms with van der Waals surface area (Å²) in [6.45, 7) is 6.87. The zero-order valence-corrected chi connectivity index (χ0v) is 18.5. The number of nitrogens with zero attached hydrogens (tertiary/aromatic N) is 2. The molecule has 4 nitrogen and oxygen atoms in total. The van der Waals surface area contributed by atoms with E-state index in [1.165, 1.54) is 55.4 Å². The van der Waals surface area contributed by atoms with Crippen molar-refractivity contribution in [1.82, 2.24) is 10.2 Å². The molecule has 0 N–H and O–H groups in total. The first kappa shape index (κ1) is 20.5. The van der Waals surface area contributed by atoms with E-state index in [-0.39, 0.29) is 0 Å². The molecule has 1 aromatic rings. The Kier molecular flexibility index (Phi) is 9.91. The molecule has 0 saturated carbocycles. The van der Waals surface area contributed by atoms with Crippen LogP contribution in [0, 0.1) is 0 Å². The maximum absolute atomic E-state index is 5.61. The minimum atomic E-state index is -2.56. The molecule has 1 heterocycles. The Hall–Kier alpha value is -0.521. The first-order valence-electron chi connectivity index (χ1n) is 9.13. The number of aromatic nitrogens is 2. The van der Waals surface area contributed by atoms with Gasteiger partial charge in [-0.15, -0.1) is 0 Å². The van der Waals surface area contributed by atoms with Crippen LogP contribution in [-0.2, 0) is 0 Å². The quantitative estimate of drug-likeness (QED) is 0.458. The van der Waals surface area contributed by atoms with Crippen LogP contribution in [0.1, 0.15) is 59.3 Å². The fourth-order valence-corrected chi connectivity index (χ4v) is 19.5. The second-order valence-electron chi connectivity index (χ2n) is 6.40.